The first-order valence-electron chi connectivity index (χ1n) is 16.0. The van der Waals surface area contributed by atoms with Gasteiger partial charge in [0.25, 0.3) is 0 Å². The number of amides is 2. The Morgan fingerprint density at radius 3 is 2.40 bits per heavy atom. The van der Waals surface area contributed by atoms with Gasteiger partial charge in [0.15, 0.2) is 6.10 Å². The summed E-state index contributed by atoms with van der Waals surface area (Å²) in [7, 11) is 1.51. The lowest BCUT2D eigenvalue weighted by Crippen LogP contribution is -2.51. The molecule has 0 radical (unpaired) electrons. The van der Waals surface area contributed by atoms with E-state index in [1.807, 2.05) is 51.1 Å². The van der Waals surface area contributed by atoms with Crippen LogP contribution in [-0.4, -0.2) is 61.8 Å². The molecule has 47 heavy (non-hydrogen) atoms. The maximum absolute atomic E-state index is 13.6. The highest BCUT2D eigenvalue weighted by Crippen LogP contribution is 2.45. The molecule has 0 unspecified atom stereocenters. The first-order chi connectivity index (χ1) is 22.3. The SMILES string of the molecule is COc1ccc(C[C@@H]2NC(=O)/C=C/C[C@@H]([C@H](C)[C@@H]3O[C@@H]3c3ccccc3)OC(=O)[C@H](CC(C)C)OC(=O)C(C)(C)CNC2=O)cc1Cl. The minimum Gasteiger partial charge on any atom is -0.495 e. The Morgan fingerprint density at radius 1 is 1.02 bits per heavy atom. The number of cyclic esters (lactones) is 2. The Labute approximate surface area is 281 Å². The van der Waals surface area contributed by atoms with Crippen LogP contribution in [0.1, 0.15) is 64.7 Å². The van der Waals surface area contributed by atoms with E-state index in [1.165, 1.54) is 13.2 Å². The number of carbonyl (C=O) groups excluding carboxylic acids is 4. The van der Waals surface area contributed by atoms with E-state index in [1.54, 1.807) is 38.1 Å². The van der Waals surface area contributed by atoms with Gasteiger partial charge in [0, 0.05) is 25.3 Å². The summed E-state index contributed by atoms with van der Waals surface area (Å²) in [5.41, 5.74) is 0.524. The monoisotopic (exact) mass is 668 g/mol. The lowest BCUT2D eigenvalue weighted by atomic mass is 9.92. The van der Waals surface area contributed by atoms with Gasteiger partial charge >= 0.3 is 11.9 Å². The van der Waals surface area contributed by atoms with E-state index in [9.17, 15) is 19.2 Å². The minimum atomic E-state index is -1.20. The third-order valence-corrected chi connectivity index (χ3v) is 8.70. The summed E-state index contributed by atoms with van der Waals surface area (Å²) in [6, 6.07) is 13.9. The van der Waals surface area contributed by atoms with E-state index >= 15 is 0 Å². The Morgan fingerprint density at radius 2 is 1.74 bits per heavy atom. The number of carbonyl (C=O) groups is 4. The van der Waals surface area contributed by atoms with Crippen molar-refractivity contribution in [3.63, 3.8) is 0 Å². The van der Waals surface area contributed by atoms with Crippen LogP contribution in [0, 0.1) is 17.3 Å². The van der Waals surface area contributed by atoms with E-state index in [4.69, 9.17) is 30.5 Å². The van der Waals surface area contributed by atoms with Crippen molar-refractivity contribution in [1.29, 1.82) is 0 Å². The highest BCUT2D eigenvalue weighted by Gasteiger charge is 2.48. The van der Waals surface area contributed by atoms with Gasteiger partial charge < -0.3 is 29.6 Å². The maximum Gasteiger partial charge on any atom is 0.347 e. The third kappa shape index (κ3) is 9.81. The van der Waals surface area contributed by atoms with Gasteiger partial charge in [-0.15, -0.1) is 0 Å². The Bertz CT molecular complexity index is 1460. The molecule has 11 heteroatoms. The number of benzene rings is 2. The van der Waals surface area contributed by atoms with Crippen molar-refractivity contribution < 1.29 is 38.1 Å². The first-order valence-corrected chi connectivity index (χ1v) is 16.4. The first kappa shape index (κ1) is 36.0. The summed E-state index contributed by atoms with van der Waals surface area (Å²) in [5.74, 6) is -2.06. The van der Waals surface area contributed by atoms with Crippen molar-refractivity contribution in [3.05, 3.63) is 76.8 Å². The molecule has 2 aliphatic heterocycles. The number of hydrogen-bond donors (Lipinski definition) is 2. The van der Waals surface area contributed by atoms with Gasteiger partial charge in [0.05, 0.1) is 23.7 Å². The van der Waals surface area contributed by atoms with E-state index in [0.717, 1.165) is 5.56 Å². The molecule has 4 rings (SSSR count). The molecule has 2 heterocycles. The van der Waals surface area contributed by atoms with Gasteiger partial charge in [0.1, 0.15) is 24.0 Å². The second-order valence-electron chi connectivity index (χ2n) is 13.3. The number of nitrogens with one attached hydrogen (secondary N) is 2. The molecule has 0 bridgehead atoms. The van der Waals surface area contributed by atoms with Crippen molar-refractivity contribution >= 4 is 35.4 Å². The van der Waals surface area contributed by atoms with Crippen LogP contribution in [-0.2, 0) is 39.8 Å². The molecule has 1 saturated heterocycles. The molecule has 2 amide bonds. The summed E-state index contributed by atoms with van der Waals surface area (Å²) in [6.07, 6.45) is 1.34. The molecule has 0 spiro atoms. The number of ether oxygens (including phenoxy) is 4. The van der Waals surface area contributed by atoms with Crippen LogP contribution in [0.15, 0.2) is 60.7 Å². The molecule has 254 valence electrons. The number of epoxide rings is 1. The topological polar surface area (TPSA) is 133 Å². The van der Waals surface area contributed by atoms with Gasteiger partial charge in [-0.2, -0.15) is 0 Å². The van der Waals surface area contributed by atoms with Crippen molar-refractivity contribution in [3.8, 4) is 5.75 Å². The van der Waals surface area contributed by atoms with Gasteiger partial charge in [-0.3, -0.25) is 14.4 Å². The van der Waals surface area contributed by atoms with Gasteiger partial charge in [-0.25, -0.2) is 4.79 Å². The van der Waals surface area contributed by atoms with Gasteiger partial charge in [0.2, 0.25) is 11.8 Å². The average Bonchev–Trinajstić information content (AvgIpc) is 3.83. The fourth-order valence-electron chi connectivity index (χ4n) is 5.46. The fourth-order valence-corrected chi connectivity index (χ4v) is 5.75. The zero-order valence-electron chi connectivity index (χ0n) is 27.8. The standard InChI is InChI=1S/C36H45ClN2O8/c1-21(2)17-29-34(42)45-27(22(3)31-32(47-31)24-11-8-7-9-12-24)13-10-14-30(40)39-26(19-23-15-16-28(44-6)25(37)18-23)33(41)38-20-36(4,5)35(43)46-29/h7-12,14-16,18,21-22,26-27,29,31-32H,13,17,19-20H2,1-6H3,(H,38,41)(H,39,40)/b14-10+/t22-,26-,27-,29-,31-,32+/m0/s1. The van der Waals surface area contributed by atoms with Crippen molar-refractivity contribution in [1.82, 2.24) is 10.6 Å². The van der Waals surface area contributed by atoms with E-state index < -0.39 is 47.4 Å². The second kappa shape index (κ2) is 15.8. The lowest BCUT2D eigenvalue weighted by Gasteiger charge is -2.29. The Hall–Kier alpha value is -3.89. The summed E-state index contributed by atoms with van der Waals surface area (Å²) in [5, 5.41) is 5.91. The quantitative estimate of drug-likeness (QED) is 0.293. The van der Waals surface area contributed by atoms with Gasteiger partial charge in [-0.1, -0.05) is 74.8 Å². The van der Waals surface area contributed by atoms with Crippen LogP contribution >= 0.6 is 11.6 Å². The normalized spacial score (nSPS) is 26.8. The molecule has 0 aromatic heterocycles. The number of rotatable bonds is 8. The Balaban J connectivity index is 1.61. The van der Waals surface area contributed by atoms with E-state index in [-0.39, 0.29) is 49.9 Å². The van der Waals surface area contributed by atoms with Crippen LogP contribution in [0.25, 0.3) is 0 Å². The minimum absolute atomic E-state index is 0.0228. The van der Waals surface area contributed by atoms with Crippen LogP contribution in [0.5, 0.6) is 5.75 Å². The van der Waals surface area contributed by atoms with Crippen molar-refractivity contribution in [2.24, 2.45) is 17.3 Å². The molecule has 2 aromatic carbocycles. The predicted octanol–water partition coefficient (Wildman–Crippen LogP) is 5.12. The zero-order chi connectivity index (χ0) is 34.3. The maximum atomic E-state index is 13.6. The summed E-state index contributed by atoms with van der Waals surface area (Å²) in [6.45, 7) is 8.92. The number of hydrogen-bond acceptors (Lipinski definition) is 8. The van der Waals surface area contributed by atoms with Crippen LogP contribution in [0.3, 0.4) is 0 Å². The fraction of sp³-hybridized carbons (Fsp3) is 0.500. The van der Waals surface area contributed by atoms with Crippen LogP contribution in [0.4, 0.5) is 0 Å². The second-order valence-corrected chi connectivity index (χ2v) is 13.7. The number of methoxy groups -OCH3 is 1. The average molecular weight is 669 g/mol. The number of halogens is 1. The molecule has 0 aliphatic carbocycles. The predicted molar refractivity (Wildman–Crippen MR) is 177 cm³/mol. The molecule has 2 aliphatic rings. The number of esters is 2. The molecule has 6 atom stereocenters. The molecule has 2 N–H and O–H groups in total. The largest absolute Gasteiger partial charge is 0.495 e. The molecular formula is C36H45ClN2O8. The molecule has 10 nitrogen and oxygen atoms in total. The highest BCUT2D eigenvalue weighted by atomic mass is 35.5. The van der Waals surface area contributed by atoms with Crippen molar-refractivity contribution in [2.75, 3.05) is 13.7 Å². The van der Waals surface area contributed by atoms with Crippen LogP contribution in [0.2, 0.25) is 5.02 Å². The highest BCUT2D eigenvalue weighted by molar-refractivity contribution is 6.32. The summed E-state index contributed by atoms with van der Waals surface area (Å²) < 4.78 is 23.1. The molecule has 1 fully saturated rings. The molecule has 0 saturated carbocycles. The Kier molecular flexibility index (Phi) is 12.1. The molecular weight excluding hydrogens is 624 g/mol. The van der Waals surface area contributed by atoms with Crippen LogP contribution < -0.4 is 15.4 Å². The summed E-state index contributed by atoms with van der Waals surface area (Å²) in [4.78, 5) is 53.6. The third-order valence-electron chi connectivity index (χ3n) is 8.41. The lowest BCUT2D eigenvalue weighted by molar-refractivity contribution is -0.179. The smallest absolute Gasteiger partial charge is 0.347 e. The zero-order valence-corrected chi connectivity index (χ0v) is 28.5. The van der Waals surface area contributed by atoms with E-state index in [2.05, 4.69) is 10.6 Å². The molecule has 2 aromatic rings. The van der Waals surface area contributed by atoms with Crippen molar-refractivity contribution in [2.45, 2.75) is 84.3 Å². The summed E-state index contributed by atoms with van der Waals surface area (Å²) >= 11 is 6.32. The van der Waals surface area contributed by atoms with Gasteiger partial charge in [-0.05, 0) is 55.5 Å². The van der Waals surface area contributed by atoms with E-state index in [0.29, 0.717) is 16.3 Å².